The first-order chi connectivity index (χ1) is 6.27. The van der Waals surface area contributed by atoms with Crippen molar-refractivity contribution in [1.29, 1.82) is 0 Å². The van der Waals surface area contributed by atoms with Gasteiger partial charge < -0.3 is 4.74 Å². The SMILES string of the molecule is CCCc1ccc(C)c(OCC)c1. The molecule has 0 aliphatic rings. The molecule has 0 aliphatic heterocycles. The minimum absolute atomic E-state index is 0.746. The second kappa shape index (κ2) is 4.90. The minimum Gasteiger partial charge on any atom is -0.494 e. The van der Waals surface area contributed by atoms with E-state index in [-0.39, 0.29) is 0 Å². The molecule has 0 spiro atoms. The van der Waals surface area contributed by atoms with Gasteiger partial charge in [-0.25, -0.2) is 0 Å². The minimum atomic E-state index is 0.746. The number of benzene rings is 1. The molecule has 0 aliphatic carbocycles. The van der Waals surface area contributed by atoms with Crippen molar-refractivity contribution in [2.45, 2.75) is 33.6 Å². The first-order valence-corrected chi connectivity index (χ1v) is 5.00. The van der Waals surface area contributed by atoms with Gasteiger partial charge in [0.2, 0.25) is 0 Å². The van der Waals surface area contributed by atoms with Crippen LogP contribution in [0.25, 0.3) is 0 Å². The van der Waals surface area contributed by atoms with Gasteiger partial charge in [-0.05, 0) is 37.5 Å². The van der Waals surface area contributed by atoms with Crippen molar-refractivity contribution in [3.8, 4) is 5.75 Å². The summed E-state index contributed by atoms with van der Waals surface area (Å²) < 4.78 is 5.52. The molecule has 0 N–H and O–H groups in total. The molecule has 13 heavy (non-hydrogen) atoms. The molecule has 0 unspecified atom stereocenters. The summed E-state index contributed by atoms with van der Waals surface area (Å²) in [7, 11) is 0. The predicted octanol–water partition coefficient (Wildman–Crippen LogP) is 3.35. The lowest BCUT2D eigenvalue weighted by molar-refractivity contribution is 0.337. The van der Waals surface area contributed by atoms with Gasteiger partial charge in [0.25, 0.3) is 0 Å². The monoisotopic (exact) mass is 178 g/mol. The Labute approximate surface area is 80.7 Å². The zero-order valence-electron chi connectivity index (χ0n) is 8.76. The largest absolute Gasteiger partial charge is 0.494 e. The van der Waals surface area contributed by atoms with Gasteiger partial charge in [0, 0.05) is 0 Å². The maximum atomic E-state index is 5.52. The maximum Gasteiger partial charge on any atom is 0.122 e. The third-order valence-corrected chi connectivity index (χ3v) is 2.09. The Morgan fingerprint density at radius 1 is 1.23 bits per heavy atom. The van der Waals surface area contributed by atoms with E-state index in [0.717, 1.165) is 18.8 Å². The van der Waals surface area contributed by atoms with Crippen molar-refractivity contribution in [3.63, 3.8) is 0 Å². The van der Waals surface area contributed by atoms with Crippen LogP contribution in [0, 0.1) is 6.92 Å². The van der Waals surface area contributed by atoms with Crippen molar-refractivity contribution in [2.24, 2.45) is 0 Å². The van der Waals surface area contributed by atoms with Crippen LogP contribution in [0.3, 0.4) is 0 Å². The van der Waals surface area contributed by atoms with E-state index in [1.807, 2.05) is 6.92 Å². The van der Waals surface area contributed by atoms with Crippen LogP contribution in [-0.2, 0) is 6.42 Å². The molecule has 72 valence electrons. The third-order valence-electron chi connectivity index (χ3n) is 2.09. The summed E-state index contributed by atoms with van der Waals surface area (Å²) >= 11 is 0. The van der Waals surface area contributed by atoms with Gasteiger partial charge >= 0.3 is 0 Å². The van der Waals surface area contributed by atoms with E-state index < -0.39 is 0 Å². The van der Waals surface area contributed by atoms with Crippen molar-refractivity contribution in [1.82, 2.24) is 0 Å². The van der Waals surface area contributed by atoms with Gasteiger partial charge in [0.05, 0.1) is 6.61 Å². The molecule has 0 saturated carbocycles. The van der Waals surface area contributed by atoms with Crippen molar-refractivity contribution < 1.29 is 4.74 Å². The van der Waals surface area contributed by atoms with E-state index in [2.05, 4.69) is 32.0 Å². The molecule has 0 heterocycles. The lowest BCUT2D eigenvalue weighted by Crippen LogP contribution is -1.95. The van der Waals surface area contributed by atoms with Crippen molar-refractivity contribution in [2.75, 3.05) is 6.61 Å². The molecule has 1 aromatic carbocycles. The molecule has 0 radical (unpaired) electrons. The number of ether oxygens (including phenoxy) is 1. The molecule has 0 fully saturated rings. The Balaban J connectivity index is 2.83. The zero-order chi connectivity index (χ0) is 9.68. The molecule has 1 aromatic rings. The average molecular weight is 178 g/mol. The first kappa shape index (κ1) is 10.1. The van der Waals surface area contributed by atoms with Gasteiger partial charge in [-0.15, -0.1) is 0 Å². The van der Waals surface area contributed by atoms with Crippen LogP contribution in [0.4, 0.5) is 0 Å². The number of rotatable bonds is 4. The summed E-state index contributed by atoms with van der Waals surface area (Å²) in [4.78, 5) is 0. The van der Waals surface area contributed by atoms with E-state index >= 15 is 0 Å². The van der Waals surface area contributed by atoms with Gasteiger partial charge in [0.15, 0.2) is 0 Å². The maximum absolute atomic E-state index is 5.52. The molecule has 1 rings (SSSR count). The fourth-order valence-electron chi connectivity index (χ4n) is 1.40. The average Bonchev–Trinajstić information content (AvgIpc) is 2.12. The molecule has 0 atom stereocenters. The van der Waals surface area contributed by atoms with Crippen LogP contribution in [0.5, 0.6) is 5.75 Å². The van der Waals surface area contributed by atoms with E-state index in [9.17, 15) is 0 Å². The summed E-state index contributed by atoms with van der Waals surface area (Å²) in [5, 5.41) is 0. The Bertz CT molecular complexity index is 266. The first-order valence-electron chi connectivity index (χ1n) is 5.00. The van der Waals surface area contributed by atoms with Crippen LogP contribution in [0.2, 0.25) is 0 Å². The van der Waals surface area contributed by atoms with Gasteiger partial charge in [0.1, 0.15) is 5.75 Å². The Kier molecular flexibility index (Phi) is 3.81. The summed E-state index contributed by atoms with van der Waals surface area (Å²) in [5.41, 5.74) is 2.60. The lowest BCUT2D eigenvalue weighted by atomic mass is 10.1. The van der Waals surface area contributed by atoms with Crippen LogP contribution in [0.15, 0.2) is 18.2 Å². The number of hydrogen-bond donors (Lipinski definition) is 0. The third kappa shape index (κ3) is 2.76. The van der Waals surface area contributed by atoms with Crippen molar-refractivity contribution in [3.05, 3.63) is 29.3 Å². The summed E-state index contributed by atoms with van der Waals surface area (Å²) in [5.74, 6) is 1.04. The van der Waals surface area contributed by atoms with E-state index in [4.69, 9.17) is 4.74 Å². The van der Waals surface area contributed by atoms with Crippen LogP contribution in [0.1, 0.15) is 31.4 Å². The molecule has 0 amide bonds. The quantitative estimate of drug-likeness (QED) is 0.687. The smallest absolute Gasteiger partial charge is 0.122 e. The number of hydrogen-bond acceptors (Lipinski definition) is 1. The van der Waals surface area contributed by atoms with E-state index in [1.54, 1.807) is 0 Å². The summed E-state index contributed by atoms with van der Waals surface area (Å²) in [6, 6.07) is 6.47. The van der Waals surface area contributed by atoms with E-state index in [0.29, 0.717) is 0 Å². The fraction of sp³-hybridized carbons (Fsp3) is 0.500. The molecule has 0 aromatic heterocycles. The molecule has 0 saturated heterocycles. The van der Waals surface area contributed by atoms with Crippen LogP contribution >= 0.6 is 0 Å². The van der Waals surface area contributed by atoms with Crippen LogP contribution in [-0.4, -0.2) is 6.61 Å². The summed E-state index contributed by atoms with van der Waals surface area (Å²) in [6.45, 7) is 7.04. The van der Waals surface area contributed by atoms with Crippen molar-refractivity contribution >= 4 is 0 Å². The highest BCUT2D eigenvalue weighted by Gasteiger charge is 1.99. The molecule has 0 bridgehead atoms. The second-order valence-corrected chi connectivity index (χ2v) is 3.28. The molecule has 1 heteroatoms. The van der Waals surface area contributed by atoms with E-state index in [1.165, 1.54) is 17.5 Å². The number of aryl methyl sites for hydroxylation is 2. The summed E-state index contributed by atoms with van der Waals surface area (Å²) in [6.07, 6.45) is 2.33. The van der Waals surface area contributed by atoms with Gasteiger partial charge in [-0.1, -0.05) is 25.5 Å². The normalized spacial score (nSPS) is 10.1. The van der Waals surface area contributed by atoms with Gasteiger partial charge in [-0.3, -0.25) is 0 Å². The zero-order valence-corrected chi connectivity index (χ0v) is 8.76. The fourth-order valence-corrected chi connectivity index (χ4v) is 1.40. The Morgan fingerprint density at radius 2 is 2.00 bits per heavy atom. The molecular formula is C12H18O. The highest BCUT2D eigenvalue weighted by Crippen LogP contribution is 2.20. The molecule has 1 nitrogen and oxygen atoms in total. The second-order valence-electron chi connectivity index (χ2n) is 3.28. The Morgan fingerprint density at radius 3 is 2.62 bits per heavy atom. The topological polar surface area (TPSA) is 9.23 Å². The highest BCUT2D eigenvalue weighted by molar-refractivity contribution is 5.36. The van der Waals surface area contributed by atoms with Gasteiger partial charge in [-0.2, -0.15) is 0 Å². The highest BCUT2D eigenvalue weighted by atomic mass is 16.5. The predicted molar refractivity (Wildman–Crippen MR) is 56.3 cm³/mol. The van der Waals surface area contributed by atoms with Crippen LogP contribution < -0.4 is 4.74 Å². The Hall–Kier alpha value is -0.980. The standard InChI is InChI=1S/C12H18O/c1-4-6-11-8-7-10(3)12(9-11)13-5-2/h7-9H,4-6H2,1-3H3. The lowest BCUT2D eigenvalue weighted by Gasteiger charge is -2.08. The molecular weight excluding hydrogens is 160 g/mol.